The third kappa shape index (κ3) is 5.52. The van der Waals surface area contributed by atoms with Crippen molar-refractivity contribution in [3.05, 3.63) is 53.8 Å². The standard InChI is InChI=1S/C23H29FN4O4S/c1-26-8-10-27(11-9-26)22-7-6-19(33(30,31)28-12-14-32-15-13-28)17-21(22)25-23(29)16-18-4-2-3-5-20(18)24/h2-7,17H,8-16H2,1H3,(H,25,29). The molecule has 0 aliphatic carbocycles. The third-order valence-corrected chi connectivity index (χ3v) is 7.90. The van der Waals surface area contributed by atoms with Crippen molar-refractivity contribution in [2.45, 2.75) is 11.3 Å². The summed E-state index contributed by atoms with van der Waals surface area (Å²) in [4.78, 5) is 17.3. The number of amides is 1. The highest BCUT2D eigenvalue weighted by Crippen LogP contribution is 2.31. The molecular formula is C23H29FN4O4S. The van der Waals surface area contributed by atoms with E-state index in [9.17, 15) is 17.6 Å². The number of carbonyl (C=O) groups is 1. The molecule has 2 aliphatic heterocycles. The van der Waals surface area contributed by atoms with E-state index in [0.29, 0.717) is 18.9 Å². The van der Waals surface area contributed by atoms with E-state index in [2.05, 4.69) is 15.1 Å². The minimum Gasteiger partial charge on any atom is -0.379 e. The molecule has 1 N–H and O–H groups in total. The number of nitrogens with one attached hydrogen (secondary N) is 1. The van der Waals surface area contributed by atoms with Crippen LogP contribution < -0.4 is 10.2 Å². The first-order valence-corrected chi connectivity index (χ1v) is 12.5. The highest BCUT2D eigenvalue weighted by Gasteiger charge is 2.28. The first-order valence-electron chi connectivity index (χ1n) is 11.0. The Morgan fingerprint density at radius 1 is 1.03 bits per heavy atom. The van der Waals surface area contributed by atoms with Crippen LogP contribution in [0.4, 0.5) is 15.8 Å². The molecule has 0 radical (unpaired) electrons. The molecule has 2 aromatic rings. The van der Waals surface area contributed by atoms with Gasteiger partial charge < -0.3 is 19.9 Å². The summed E-state index contributed by atoms with van der Waals surface area (Å²) in [5.41, 5.74) is 1.45. The molecule has 2 fully saturated rings. The SMILES string of the molecule is CN1CCN(c2ccc(S(=O)(=O)N3CCOCC3)cc2NC(=O)Cc2ccccc2F)CC1. The number of hydrogen-bond donors (Lipinski definition) is 1. The predicted octanol–water partition coefficient (Wildman–Crippen LogP) is 1.78. The second-order valence-corrected chi connectivity index (χ2v) is 10.2. The lowest BCUT2D eigenvalue weighted by Crippen LogP contribution is -2.44. The Kier molecular flexibility index (Phi) is 7.28. The molecule has 2 aromatic carbocycles. The number of nitrogens with zero attached hydrogens (tertiary/aromatic N) is 3. The Morgan fingerprint density at radius 2 is 1.73 bits per heavy atom. The van der Waals surface area contributed by atoms with Gasteiger partial charge in [0.15, 0.2) is 0 Å². The van der Waals surface area contributed by atoms with Crippen LogP contribution in [0.5, 0.6) is 0 Å². The van der Waals surface area contributed by atoms with Gasteiger partial charge in [0.1, 0.15) is 5.82 Å². The number of hydrogen-bond acceptors (Lipinski definition) is 6. The number of rotatable bonds is 6. The Bertz CT molecular complexity index is 1100. The van der Waals surface area contributed by atoms with Gasteiger partial charge in [0.25, 0.3) is 0 Å². The monoisotopic (exact) mass is 476 g/mol. The summed E-state index contributed by atoms with van der Waals surface area (Å²) >= 11 is 0. The molecule has 4 rings (SSSR count). The van der Waals surface area contributed by atoms with Crippen LogP contribution in [0.2, 0.25) is 0 Å². The lowest BCUT2D eigenvalue weighted by Gasteiger charge is -2.35. The summed E-state index contributed by atoms with van der Waals surface area (Å²) in [6, 6.07) is 11.0. The summed E-state index contributed by atoms with van der Waals surface area (Å²) in [7, 11) is -1.68. The zero-order chi connectivity index (χ0) is 23.4. The molecule has 33 heavy (non-hydrogen) atoms. The number of benzene rings is 2. The van der Waals surface area contributed by atoms with Crippen molar-refractivity contribution >= 4 is 27.3 Å². The van der Waals surface area contributed by atoms with E-state index in [1.807, 2.05) is 7.05 Å². The van der Waals surface area contributed by atoms with Gasteiger partial charge in [-0.2, -0.15) is 4.31 Å². The Hall–Kier alpha value is -2.53. The van der Waals surface area contributed by atoms with Crippen LogP contribution in [-0.2, 0) is 26.0 Å². The second-order valence-electron chi connectivity index (χ2n) is 8.30. The van der Waals surface area contributed by atoms with E-state index in [1.54, 1.807) is 30.3 Å². The molecule has 2 aliphatic rings. The summed E-state index contributed by atoms with van der Waals surface area (Å²) in [6.07, 6.45) is -0.144. The molecule has 0 unspecified atom stereocenters. The number of sulfonamides is 1. The molecule has 0 saturated carbocycles. The summed E-state index contributed by atoms with van der Waals surface area (Å²) in [6.45, 7) is 4.50. The van der Waals surface area contributed by atoms with Crippen molar-refractivity contribution in [1.29, 1.82) is 0 Å². The van der Waals surface area contributed by atoms with Crippen molar-refractivity contribution in [3.63, 3.8) is 0 Å². The Morgan fingerprint density at radius 3 is 2.42 bits per heavy atom. The fourth-order valence-corrected chi connectivity index (χ4v) is 5.48. The molecule has 0 spiro atoms. The minimum absolute atomic E-state index is 0.114. The van der Waals surface area contributed by atoms with E-state index in [-0.39, 0.29) is 30.0 Å². The molecule has 0 aromatic heterocycles. The highest BCUT2D eigenvalue weighted by molar-refractivity contribution is 7.89. The molecular weight excluding hydrogens is 447 g/mol. The smallest absolute Gasteiger partial charge is 0.243 e. The number of likely N-dealkylation sites (N-methyl/N-ethyl adjacent to an activating group) is 1. The highest BCUT2D eigenvalue weighted by atomic mass is 32.2. The molecule has 178 valence electrons. The van der Waals surface area contributed by atoms with Gasteiger partial charge in [-0.3, -0.25) is 4.79 Å². The molecule has 10 heteroatoms. The van der Waals surface area contributed by atoms with Crippen molar-refractivity contribution in [3.8, 4) is 0 Å². The second kappa shape index (κ2) is 10.2. The van der Waals surface area contributed by atoms with Crippen LogP contribution in [0.3, 0.4) is 0 Å². The predicted molar refractivity (Wildman–Crippen MR) is 124 cm³/mol. The maximum absolute atomic E-state index is 14.0. The first kappa shape index (κ1) is 23.6. The van der Waals surface area contributed by atoms with Gasteiger partial charge >= 0.3 is 0 Å². The van der Waals surface area contributed by atoms with E-state index >= 15 is 0 Å². The minimum atomic E-state index is -3.73. The number of carbonyl (C=O) groups excluding carboxylic acids is 1. The average Bonchev–Trinajstić information content (AvgIpc) is 2.82. The zero-order valence-corrected chi connectivity index (χ0v) is 19.5. The topological polar surface area (TPSA) is 82.2 Å². The van der Waals surface area contributed by atoms with Crippen molar-refractivity contribution in [2.75, 3.05) is 69.7 Å². The quantitative estimate of drug-likeness (QED) is 0.685. The molecule has 0 atom stereocenters. The van der Waals surface area contributed by atoms with E-state index < -0.39 is 21.7 Å². The van der Waals surface area contributed by atoms with Gasteiger partial charge in [-0.15, -0.1) is 0 Å². The average molecular weight is 477 g/mol. The maximum Gasteiger partial charge on any atom is 0.243 e. The van der Waals surface area contributed by atoms with Gasteiger partial charge in [-0.05, 0) is 36.9 Å². The molecule has 1 amide bonds. The number of anilines is 2. The van der Waals surface area contributed by atoms with E-state index in [4.69, 9.17) is 4.74 Å². The summed E-state index contributed by atoms with van der Waals surface area (Å²) in [5.74, 6) is -0.855. The van der Waals surface area contributed by atoms with Crippen LogP contribution in [0, 0.1) is 5.82 Å². The lowest BCUT2D eigenvalue weighted by molar-refractivity contribution is -0.115. The fraction of sp³-hybridized carbons (Fsp3) is 0.435. The van der Waals surface area contributed by atoms with E-state index in [0.717, 1.165) is 31.9 Å². The summed E-state index contributed by atoms with van der Waals surface area (Å²) < 4.78 is 47.1. The van der Waals surface area contributed by atoms with Crippen LogP contribution in [0.25, 0.3) is 0 Å². The maximum atomic E-state index is 14.0. The van der Waals surface area contributed by atoms with Gasteiger partial charge in [0.05, 0.1) is 35.9 Å². The Labute approximate surface area is 194 Å². The number of morpholine rings is 1. The number of piperazine rings is 1. The zero-order valence-electron chi connectivity index (χ0n) is 18.7. The van der Waals surface area contributed by atoms with Crippen LogP contribution in [-0.4, -0.2) is 83.1 Å². The summed E-state index contributed by atoms with van der Waals surface area (Å²) in [5, 5.41) is 2.84. The van der Waals surface area contributed by atoms with E-state index in [1.165, 1.54) is 16.4 Å². The normalized spacial score (nSPS) is 18.3. The van der Waals surface area contributed by atoms with Gasteiger partial charge in [-0.25, -0.2) is 12.8 Å². The fourth-order valence-electron chi connectivity index (χ4n) is 4.04. The largest absolute Gasteiger partial charge is 0.379 e. The van der Waals surface area contributed by atoms with Crippen molar-refractivity contribution < 1.29 is 22.3 Å². The van der Waals surface area contributed by atoms with Crippen molar-refractivity contribution in [2.24, 2.45) is 0 Å². The molecule has 8 nitrogen and oxygen atoms in total. The van der Waals surface area contributed by atoms with Crippen LogP contribution >= 0.6 is 0 Å². The lowest BCUT2D eigenvalue weighted by atomic mass is 10.1. The van der Waals surface area contributed by atoms with Crippen LogP contribution in [0.1, 0.15) is 5.56 Å². The third-order valence-electron chi connectivity index (χ3n) is 6.00. The van der Waals surface area contributed by atoms with Crippen LogP contribution in [0.15, 0.2) is 47.4 Å². The number of halogens is 1. The van der Waals surface area contributed by atoms with Gasteiger partial charge in [0, 0.05) is 39.3 Å². The molecule has 0 bridgehead atoms. The van der Waals surface area contributed by atoms with Crippen molar-refractivity contribution in [1.82, 2.24) is 9.21 Å². The van der Waals surface area contributed by atoms with Gasteiger partial charge in [-0.1, -0.05) is 18.2 Å². The van der Waals surface area contributed by atoms with Gasteiger partial charge in [0.2, 0.25) is 15.9 Å². The Balaban J connectivity index is 1.63. The molecule has 2 heterocycles. The molecule has 2 saturated heterocycles. The number of ether oxygens (including phenoxy) is 1. The first-order chi connectivity index (χ1) is 15.8.